The molecule has 0 radical (unpaired) electrons. The van der Waals surface area contributed by atoms with Crippen LogP contribution in [0.5, 0.6) is 0 Å². The van der Waals surface area contributed by atoms with Crippen LogP contribution < -0.4 is 11.1 Å². The highest BCUT2D eigenvalue weighted by atomic mass is 19.4. The van der Waals surface area contributed by atoms with E-state index in [9.17, 15) is 13.2 Å². The molecule has 0 amide bonds. The first-order valence-corrected chi connectivity index (χ1v) is 5.67. The molecule has 0 aliphatic rings. The molecule has 2 aromatic carbocycles. The maximum absolute atomic E-state index is 12.7. The van der Waals surface area contributed by atoms with E-state index in [2.05, 4.69) is 5.32 Å². The molecule has 0 aromatic heterocycles. The minimum atomic E-state index is -4.35. The molecule has 3 N–H and O–H groups in total. The highest BCUT2D eigenvalue weighted by molar-refractivity contribution is 5.74. The van der Waals surface area contributed by atoms with E-state index in [-0.39, 0.29) is 0 Å². The Morgan fingerprint density at radius 3 is 2.32 bits per heavy atom. The molecular weight excluding hydrogens is 253 g/mol. The Labute approximate surface area is 109 Å². The SMILES string of the molecule is Cc1ccc(C(F)(F)F)cc1Nc1ccccc1N. The van der Waals surface area contributed by atoms with Gasteiger partial charge in [-0.1, -0.05) is 18.2 Å². The number of nitrogens with two attached hydrogens (primary N) is 1. The third-order valence-electron chi connectivity index (χ3n) is 2.80. The van der Waals surface area contributed by atoms with Gasteiger partial charge in [0.1, 0.15) is 0 Å². The van der Waals surface area contributed by atoms with Crippen LogP contribution in [-0.2, 0) is 6.18 Å². The number of rotatable bonds is 2. The molecule has 0 unspecified atom stereocenters. The van der Waals surface area contributed by atoms with Crippen molar-refractivity contribution in [1.29, 1.82) is 0 Å². The third-order valence-corrected chi connectivity index (χ3v) is 2.80. The summed E-state index contributed by atoms with van der Waals surface area (Å²) in [6, 6.07) is 10.5. The highest BCUT2D eigenvalue weighted by Crippen LogP contribution is 2.33. The van der Waals surface area contributed by atoms with E-state index in [1.54, 1.807) is 31.2 Å². The van der Waals surface area contributed by atoms with Crippen molar-refractivity contribution in [2.75, 3.05) is 11.1 Å². The van der Waals surface area contributed by atoms with Gasteiger partial charge in [0.05, 0.1) is 16.9 Å². The van der Waals surface area contributed by atoms with Gasteiger partial charge in [-0.05, 0) is 36.8 Å². The second kappa shape index (κ2) is 4.84. The summed E-state index contributed by atoms with van der Waals surface area (Å²) in [7, 11) is 0. The molecular formula is C14H13F3N2. The Hall–Kier alpha value is -2.17. The summed E-state index contributed by atoms with van der Waals surface area (Å²) in [5.41, 5.74) is 7.26. The fourth-order valence-electron chi connectivity index (χ4n) is 1.69. The van der Waals surface area contributed by atoms with Crippen LogP contribution in [0.25, 0.3) is 0 Å². The third kappa shape index (κ3) is 2.99. The highest BCUT2D eigenvalue weighted by Gasteiger charge is 2.30. The van der Waals surface area contributed by atoms with Crippen LogP contribution in [-0.4, -0.2) is 0 Å². The average Bonchev–Trinajstić information content (AvgIpc) is 2.33. The van der Waals surface area contributed by atoms with Crippen molar-refractivity contribution >= 4 is 17.1 Å². The summed E-state index contributed by atoms with van der Waals surface area (Å²) < 4.78 is 38.0. The number of alkyl halides is 3. The predicted octanol–water partition coefficient (Wildman–Crippen LogP) is 4.34. The summed E-state index contributed by atoms with van der Waals surface area (Å²) in [5, 5.41) is 2.93. The van der Waals surface area contributed by atoms with Gasteiger partial charge in [0.15, 0.2) is 0 Å². The van der Waals surface area contributed by atoms with Crippen LogP contribution in [0.3, 0.4) is 0 Å². The van der Waals surface area contributed by atoms with Crippen LogP contribution in [0.4, 0.5) is 30.2 Å². The number of para-hydroxylation sites is 2. The smallest absolute Gasteiger partial charge is 0.397 e. The van der Waals surface area contributed by atoms with Crippen molar-refractivity contribution in [3.8, 4) is 0 Å². The fourth-order valence-corrected chi connectivity index (χ4v) is 1.69. The van der Waals surface area contributed by atoms with E-state index >= 15 is 0 Å². The van der Waals surface area contributed by atoms with Crippen molar-refractivity contribution in [3.05, 3.63) is 53.6 Å². The molecule has 5 heteroatoms. The second-order valence-electron chi connectivity index (χ2n) is 4.24. The number of aryl methyl sites for hydroxylation is 1. The normalized spacial score (nSPS) is 11.4. The molecule has 0 spiro atoms. The summed E-state index contributed by atoms with van der Waals surface area (Å²) in [4.78, 5) is 0. The van der Waals surface area contributed by atoms with Gasteiger partial charge in [-0.3, -0.25) is 0 Å². The van der Waals surface area contributed by atoms with E-state index in [1.807, 2.05) is 0 Å². The Bertz CT molecular complexity index is 591. The number of benzene rings is 2. The fraction of sp³-hybridized carbons (Fsp3) is 0.143. The van der Waals surface area contributed by atoms with Crippen LogP contribution in [0, 0.1) is 6.92 Å². The van der Waals surface area contributed by atoms with Gasteiger partial charge in [0.25, 0.3) is 0 Å². The molecule has 0 heterocycles. The first-order valence-electron chi connectivity index (χ1n) is 5.67. The van der Waals surface area contributed by atoms with Gasteiger partial charge in [-0.15, -0.1) is 0 Å². The zero-order chi connectivity index (χ0) is 14.0. The standard InChI is InChI=1S/C14H13F3N2/c1-9-6-7-10(14(15,16)17)8-13(9)19-12-5-3-2-4-11(12)18/h2-8,19H,18H2,1H3. The van der Waals surface area contributed by atoms with Crippen LogP contribution in [0.15, 0.2) is 42.5 Å². The molecule has 0 aliphatic heterocycles. The zero-order valence-electron chi connectivity index (χ0n) is 10.3. The molecule has 0 aliphatic carbocycles. The van der Waals surface area contributed by atoms with Crippen LogP contribution in [0.2, 0.25) is 0 Å². The maximum atomic E-state index is 12.7. The van der Waals surface area contributed by atoms with E-state index in [0.717, 1.165) is 17.7 Å². The van der Waals surface area contributed by atoms with E-state index < -0.39 is 11.7 Å². The van der Waals surface area contributed by atoms with Gasteiger partial charge in [0, 0.05) is 5.69 Å². The molecule has 0 saturated carbocycles. The van der Waals surface area contributed by atoms with Gasteiger partial charge >= 0.3 is 6.18 Å². The lowest BCUT2D eigenvalue weighted by Crippen LogP contribution is -2.06. The summed E-state index contributed by atoms with van der Waals surface area (Å²) in [6.07, 6.45) is -4.35. The molecule has 0 atom stereocenters. The number of anilines is 3. The topological polar surface area (TPSA) is 38.0 Å². The van der Waals surface area contributed by atoms with Crippen LogP contribution in [0.1, 0.15) is 11.1 Å². The van der Waals surface area contributed by atoms with Crippen molar-refractivity contribution in [3.63, 3.8) is 0 Å². The number of nitrogens with one attached hydrogen (secondary N) is 1. The van der Waals surface area contributed by atoms with E-state index in [1.165, 1.54) is 6.07 Å². The Morgan fingerprint density at radius 1 is 1.00 bits per heavy atom. The monoisotopic (exact) mass is 266 g/mol. The number of hydrogen-bond acceptors (Lipinski definition) is 2. The van der Waals surface area contributed by atoms with Gasteiger partial charge in [-0.2, -0.15) is 13.2 Å². The zero-order valence-corrected chi connectivity index (χ0v) is 10.3. The molecule has 2 rings (SSSR count). The lowest BCUT2D eigenvalue weighted by atomic mass is 10.1. The molecule has 0 bridgehead atoms. The molecule has 100 valence electrons. The summed E-state index contributed by atoms with van der Waals surface area (Å²) in [6.45, 7) is 1.74. The Balaban J connectivity index is 2.38. The minimum absolute atomic E-state index is 0.396. The van der Waals surface area contributed by atoms with Crippen LogP contribution >= 0.6 is 0 Å². The Morgan fingerprint density at radius 2 is 1.68 bits per heavy atom. The maximum Gasteiger partial charge on any atom is 0.416 e. The quantitative estimate of drug-likeness (QED) is 0.793. The number of hydrogen-bond donors (Lipinski definition) is 2. The first-order chi connectivity index (χ1) is 8.88. The first kappa shape index (κ1) is 13.3. The lowest BCUT2D eigenvalue weighted by Gasteiger charge is -2.14. The number of halogens is 3. The van der Waals surface area contributed by atoms with Gasteiger partial charge in [0.2, 0.25) is 0 Å². The molecule has 0 fully saturated rings. The van der Waals surface area contributed by atoms with E-state index in [0.29, 0.717) is 17.1 Å². The average molecular weight is 266 g/mol. The molecule has 2 nitrogen and oxygen atoms in total. The molecule has 19 heavy (non-hydrogen) atoms. The molecule has 2 aromatic rings. The van der Waals surface area contributed by atoms with Crippen molar-refractivity contribution in [2.24, 2.45) is 0 Å². The van der Waals surface area contributed by atoms with E-state index in [4.69, 9.17) is 5.73 Å². The number of nitrogen functional groups attached to an aromatic ring is 1. The van der Waals surface area contributed by atoms with Crippen molar-refractivity contribution < 1.29 is 13.2 Å². The summed E-state index contributed by atoms with van der Waals surface area (Å²) in [5.74, 6) is 0. The van der Waals surface area contributed by atoms with Crippen molar-refractivity contribution in [1.82, 2.24) is 0 Å². The minimum Gasteiger partial charge on any atom is -0.397 e. The second-order valence-corrected chi connectivity index (χ2v) is 4.24. The largest absolute Gasteiger partial charge is 0.416 e. The lowest BCUT2D eigenvalue weighted by molar-refractivity contribution is -0.137. The predicted molar refractivity (Wildman–Crippen MR) is 70.3 cm³/mol. The Kier molecular flexibility index (Phi) is 3.38. The van der Waals surface area contributed by atoms with Crippen molar-refractivity contribution in [2.45, 2.75) is 13.1 Å². The summed E-state index contributed by atoms with van der Waals surface area (Å²) >= 11 is 0. The van der Waals surface area contributed by atoms with Gasteiger partial charge in [-0.25, -0.2) is 0 Å². The molecule has 0 saturated heterocycles. The van der Waals surface area contributed by atoms with Gasteiger partial charge < -0.3 is 11.1 Å².